The number of nitriles is 1. The predicted molar refractivity (Wildman–Crippen MR) is 199 cm³/mol. The van der Waals surface area contributed by atoms with Crippen molar-refractivity contribution in [1.29, 1.82) is 5.26 Å². The first-order valence-electron chi connectivity index (χ1n) is 16.1. The van der Waals surface area contributed by atoms with Gasteiger partial charge in [0.05, 0.1) is 51.6 Å². The lowest BCUT2D eigenvalue weighted by Crippen LogP contribution is -2.02. The van der Waals surface area contributed by atoms with Crippen molar-refractivity contribution >= 4 is 71.2 Å². The molecule has 0 saturated carbocycles. The molecule has 3 aromatic heterocycles. The minimum atomic E-state index is 0.549. The fraction of sp³-hybridized carbons (Fsp3) is 0. The second-order valence-electron chi connectivity index (χ2n) is 12.3. The Bertz CT molecular complexity index is 3030. The molecule has 7 aromatic carbocycles. The largest absolute Gasteiger partial charge is 0.456 e. The third-order valence-corrected chi connectivity index (χ3v) is 9.77. The van der Waals surface area contributed by atoms with Crippen molar-refractivity contribution in [2.75, 3.05) is 0 Å². The number of fused-ring (bicyclic) bond motifs is 9. The third-order valence-electron chi connectivity index (χ3n) is 9.77. The normalized spacial score (nSPS) is 11.6. The molecule has 3 heterocycles. The highest BCUT2D eigenvalue weighted by Crippen LogP contribution is 2.45. The molecule has 0 radical (unpaired) electrons. The van der Waals surface area contributed by atoms with Crippen LogP contribution in [0.15, 0.2) is 150 Å². The minimum Gasteiger partial charge on any atom is -0.456 e. The van der Waals surface area contributed by atoms with Gasteiger partial charge in [-0.15, -0.1) is 0 Å². The Kier molecular flexibility index (Phi) is 5.64. The topological polar surface area (TPSA) is 51.1 Å². The molecule has 0 unspecified atom stereocenters. The molecule has 10 rings (SSSR count). The van der Waals surface area contributed by atoms with Gasteiger partial charge in [-0.05, 0) is 54.1 Å². The van der Waals surface area contributed by atoms with Crippen LogP contribution in [0.5, 0.6) is 0 Å². The number of para-hydroxylation sites is 5. The van der Waals surface area contributed by atoms with Crippen molar-refractivity contribution < 1.29 is 4.42 Å². The van der Waals surface area contributed by atoms with Crippen molar-refractivity contribution in [3.8, 4) is 28.6 Å². The summed E-state index contributed by atoms with van der Waals surface area (Å²) in [6.45, 7) is 8.32. The maximum absolute atomic E-state index is 10.2. The van der Waals surface area contributed by atoms with Crippen LogP contribution < -0.4 is 0 Å². The monoisotopic (exact) mass is 624 g/mol. The third kappa shape index (κ3) is 3.79. The van der Waals surface area contributed by atoms with Gasteiger partial charge < -0.3 is 13.6 Å². The SMILES string of the molecule is [C-]#[N+]c1cccc(-c2ccc(C#N)cc2-n2c3ccccc3c3cc4oc5ccccc5c4cc32)c1-n1c2ccccc2c2ccccc21. The lowest BCUT2D eigenvalue weighted by atomic mass is 9.98. The van der Waals surface area contributed by atoms with E-state index >= 15 is 0 Å². The van der Waals surface area contributed by atoms with Gasteiger partial charge in [0.25, 0.3) is 0 Å². The van der Waals surface area contributed by atoms with Crippen LogP contribution in [0.2, 0.25) is 0 Å². The van der Waals surface area contributed by atoms with Crippen LogP contribution in [-0.2, 0) is 0 Å². The summed E-state index contributed by atoms with van der Waals surface area (Å²) in [5.74, 6) is 0. The van der Waals surface area contributed by atoms with E-state index in [1.807, 2.05) is 66.7 Å². The van der Waals surface area contributed by atoms with Crippen molar-refractivity contribution in [2.45, 2.75) is 0 Å². The summed E-state index contributed by atoms with van der Waals surface area (Å²) in [5, 5.41) is 16.7. The van der Waals surface area contributed by atoms with Crippen LogP contribution >= 0.6 is 0 Å². The standard InChI is InChI=1S/C44H24N4O/c1-46-36-16-10-15-33(44(36)48-38-18-7-2-11-28(38)29-12-3-8-19-39(29)48)31-22-21-27(26-45)23-40(31)47-37-17-6-4-13-30(37)34-25-43-35(24-41(34)47)32-14-5-9-20-42(32)49-43/h2-25H. The van der Waals surface area contributed by atoms with Crippen molar-refractivity contribution in [3.63, 3.8) is 0 Å². The van der Waals surface area contributed by atoms with E-state index in [4.69, 9.17) is 11.0 Å². The molecule has 0 atom stereocenters. The maximum Gasteiger partial charge on any atom is 0.211 e. The highest BCUT2D eigenvalue weighted by atomic mass is 16.3. The van der Waals surface area contributed by atoms with Gasteiger partial charge in [-0.25, -0.2) is 4.85 Å². The molecule has 5 nitrogen and oxygen atoms in total. The summed E-state index contributed by atoms with van der Waals surface area (Å²) in [4.78, 5) is 4.07. The molecule has 0 aliphatic heterocycles. The summed E-state index contributed by atoms with van der Waals surface area (Å²) >= 11 is 0. The molecule has 226 valence electrons. The molecular weight excluding hydrogens is 601 g/mol. The Hall–Kier alpha value is -7.08. The Morgan fingerprint density at radius 3 is 1.84 bits per heavy atom. The Balaban J connectivity index is 1.35. The van der Waals surface area contributed by atoms with E-state index in [0.717, 1.165) is 88.1 Å². The van der Waals surface area contributed by atoms with Gasteiger partial charge in [0.2, 0.25) is 5.69 Å². The van der Waals surface area contributed by atoms with Crippen LogP contribution in [0.4, 0.5) is 5.69 Å². The van der Waals surface area contributed by atoms with Gasteiger partial charge in [-0.3, -0.25) is 0 Å². The van der Waals surface area contributed by atoms with Gasteiger partial charge in [0, 0.05) is 37.9 Å². The Morgan fingerprint density at radius 2 is 1.14 bits per heavy atom. The summed E-state index contributed by atoms with van der Waals surface area (Å²) in [7, 11) is 0. The Labute approximate surface area is 280 Å². The number of rotatable bonds is 3. The fourth-order valence-corrected chi connectivity index (χ4v) is 7.70. The van der Waals surface area contributed by atoms with Crippen LogP contribution in [0.3, 0.4) is 0 Å². The fourth-order valence-electron chi connectivity index (χ4n) is 7.70. The smallest absolute Gasteiger partial charge is 0.211 e. The molecule has 0 amide bonds. The second kappa shape index (κ2) is 10.2. The summed E-state index contributed by atoms with van der Waals surface area (Å²) < 4.78 is 10.8. The average Bonchev–Trinajstić information content (AvgIpc) is 3.80. The number of furan rings is 1. The average molecular weight is 625 g/mol. The molecule has 0 aliphatic carbocycles. The molecule has 0 saturated heterocycles. The van der Waals surface area contributed by atoms with Crippen LogP contribution in [0, 0.1) is 17.9 Å². The number of hydrogen-bond donors (Lipinski definition) is 0. The van der Waals surface area contributed by atoms with Gasteiger partial charge in [-0.1, -0.05) is 97.1 Å². The maximum atomic E-state index is 10.2. The number of benzene rings is 7. The molecular formula is C44H24N4O. The molecule has 0 fully saturated rings. The van der Waals surface area contributed by atoms with Gasteiger partial charge in [0.15, 0.2) is 0 Å². The molecule has 10 aromatic rings. The molecule has 0 bridgehead atoms. The number of aromatic nitrogens is 2. The van der Waals surface area contributed by atoms with E-state index in [1.54, 1.807) is 0 Å². The quantitative estimate of drug-likeness (QED) is 0.184. The lowest BCUT2D eigenvalue weighted by molar-refractivity contribution is 0.669. The first-order valence-corrected chi connectivity index (χ1v) is 16.1. The Morgan fingerprint density at radius 1 is 0.510 bits per heavy atom. The van der Waals surface area contributed by atoms with Crippen LogP contribution in [-0.4, -0.2) is 9.13 Å². The van der Waals surface area contributed by atoms with Gasteiger partial charge >= 0.3 is 0 Å². The first-order chi connectivity index (χ1) is 24.2. The molecule has 49 heavy (non-hydrogen) atoms. The van der Waals surface area contributed by atoms with E-state index in [1.165, 1.54) is 0 Å². The van der Waals surface area contributed by atoms with Crippen molar-refractivity contribution in [3.05, 3.63) is 163 Å². The molecule has 0 N–H and O–H groups in total. The highest BCUT2D eigenvalue weighted by Gasteiger charge is 2.23. The first kappa shape index (κ1) is 27.1. The van der Waals surface area contributed by atoms with Gasteiger partial charge in [-0.2, -0.15) is 5.26 Å². The summed E-state index contributed by atoms with van der Waals surface area (Å²) in [6.07, 6.45) is 0. The number of hydrogen-bond acceptors (Lipinski definition) is 2. The van der Waals surface area contributed by atoms with Crippen LogP contribution in [0.25, 0.3) is 92.9 Å². The van der Waals surface area contributed by atoms with E-state index in [0.29, 0.717) is 11.3 Å². The zero-order valence-electron chi connectivity index (χ0n) is 26.1. The molecule has 0 spiro atoms. The predicted octanol–water partition coefficient (Wildman–Crippen LogP) is 11.9. The van der Waals surface area contributed by atoms with Crippen molar-refractivity contribution in [1.82, 2.24) is 9.13 Å². The number of nitrogens with zero attached hydrogens (tertiary/aromatic N) is 4. The van der Waals surface area contributed by atoms with Gasteiger partial charge in [0.1, 0.15) is 11.2 Å². The molecule has 0 aliphatic rings. The molecule has 5 heteroatoms. The summed E-state index contributed by atoms with van der Waals surface area (Å²) in [6, 6.07) is 51.7. The van der Waals surface area contributed by atoms with E-state index < -0.39 is 0 Å². The zero-order valence-corrected chi connectivity index (χ0v) is 26.1. The zero-order chi connectivity index (χ0) is 32.6. The highest BCUT2D eigenvalue weighted by molar-refractivity contribution is 6.17. The van der Waals surface area contributed by atoms with E-state index in [9.17, 15) is 5.26 Å². The lowest BCUT2D eigenvalue weighted by Gasteiger charge is -2.20. The second-order valence-corrected chi connectivity index (χ2v) is 12.3. The van der Waals surface area contributed by atoms with Crippen molar-refractivity contribution in [2.24, 2.45) is 0 Å². The van der Waals surface area contributed by atoms with E-state index in [2.05, 4.69) is 98.9 Å². The van der Waals surface area contributed by atoms with E-state index in [-0.39, 0.29) is 0 Å². The summed E-state index contributed by atoms with van der Waals surface area (Å²) in [5.41, 5.74) is 10.4. The minimum absolute atomic E-state index is 0.549. The van der Waals surface area contributed by atoms with Crippen LogP contribution in [0.1, 0.15) is 5.56 Å².